The molecule has 1 heterocycles. The highest BCUT2D eigenvalue weighted by molar-refractivity contribution is 5.67. The van der Waals surface area contributed by atoms with E-state index in [0.29, 0.717) is 6.61 Å². The van der Waals surface area contributed by atoms with Gasteiger partial charge < -0.3 is 9.47 Å². The molecule has 82 valence electrons. The van der Waals surface area contributed by atoms with Crippen LogP contribution in [-0.4, -0.2) is 37.5 Å². The van der Waals surface area contributed by atoms with Crippen LogP contribution in [0.25, 0.3) is 0 Å². The Bertz CT molecular complexity index is 184. The molecule has 1 rings (SSSR count). The van der Waals surface area contributed by atoms with Crippen molar-refractivity contribution in [2.24, 2.45) is 0 Å². The summed E-state index contributed by atoms with van der Waals surface area (Å²) in [7, 11) is 1.41. The van der Waals surface area contributed by atoms with Crippen molar-refractivity contribution in [3.63, 3.8) is 0 Å². The van der Waals surface area contributed by atoms with Gasteiger partial charge in [-0.05, 0) is 26.2 Å². The summed E-state index contributed by atoms with van der Waals surface area (Å²) in [5.41, 5.74) is 0. The van der Waals surface area contributed by atoms with E-state index < -0.39 is 0 Å². The molecule has 0 saturated carbocycles. The second-order valence-electron chi connectivity index (χ2n) is 3.42. The van der Waals surface area contributed by atoms with E-state index in [0.717, 1.165) is 32.2 Å². The van der Waals surface area contributed by atoms with Crippen molar-refractivity contribution in [3.05, 3.63) is 0 Å². The fourth-order valence-corrected chi connectivity index (χ4v) is 1.77. The fraction of sp³-hybridized carbons (Fsp3) is 0.900. The zero-order valence-corrected chi connectivity index (χ0v) is 8.99. The largest absolute Gasteiger partial charge is 0.453 e. The zero-order valence-electron chi connectivity index (χ0n) is 8.99. The van der Waals surface area contributed by atoms with Crippen LogP contribution in [0.4, 0.5) is 4.79 Å². The lowest BCUT2D eigenvalue weighted by molar-refractivity contribution is -0.0457. The van der Waals surface area contributed by atoms with Gasteiger partial charge in [-0.3, -0.25) is 4.90 Å². The van der Waals surface area contributed by atoms with E-state index in [9.17, 15) is 4.79 Å². The van der Waals surface area contributed by atoms with Crippen LogP contribution < -0.4 is 0 Å². The van der Waals surface area contributed by atoms with Crippen LogP contribution in [0, 0.1) is 0 Å². The van der Waals surface area contributed by atoms with Gasteiger partial charge >= 0.3 is 6.09 Å². The summed E-state index contributed by atoms with van der Waals surface area (Å²) in [4.78, 5) is 13.1. The number of carbonyl (C=O) groups is 1. The first-order valence-electron chi connectivity index (χ1n) is 5.25. The molecule has 14 heavy (non-hydrogen) atoms. The van der Waals surface area contributed by atoms with Crippen molar-refractivity contribution in [2.75, 3.05) is 20.3 Å². The summed E-state index contributed by atoms with van der Waals surface area (Å²) >= 11 is 0. The Balaban J connectivity index is 2.58. The predicted molar refractivity (Wildman–Crippen MR) is 53.0 cm³/mol. The van der Waals surface area contributed by atoms with Gasteiger partial charge in [0.25, 0.3) is 0 Å². The Labute approximate surface area is 85.2 Å². The monoisotopic (exact) mass is 201 g/mol. The molecule has 0 radical (unpaired) electrons. The van der Waals surface area contributed by atoms with E-state index in [2.05, 4.69) is 0 Å². The summed E-state index contributed by atoms with van der Waals surface area (Å²) in [6.45, 7) is 3.33. The second-order valence-corrected chi connectivity index (χ2v) is 3.42. The smallest absolute Gasteiger partial charge is 0.411 e. The fourth-order valence-electron chi connectivity index (χ4n) is 1.77. The van der Waals surface area contributed by atoms with Crippen LogP contribution in [0.1, 0.15) is 32.6 Å². The summed E-state index contributed by atoms with van der Waals surface area (Å²) in [6.07, 6.45) is 3.89. The number of methoxy groups -OCH3 is 1. The molecule has 1 fully saturated rings. The Kier molecular flexibility index (Phi) is 4.73. The molecule has 1 atom stereocenters. The third-order valence-electron chi connectivity index (χ3n) is 2.47. The van der Waals surface area contributed by atoms with E-state index in [1.165, 1.54) is 7.11 Å². The van der Waals surface area contributed by atoms with Gasteiger partial charge in [0.15, 0.2) is 0 Å². The molecule has 0 N–H and O–H groups in total. The first-order valence-corrected chi connectivity index (χ1v) is 5.25. The van der Waals surface area contributed by atoms with Gasteiger partial charge in [0.2, 0.25) is 0 Å². The van der Waals surface area contributed by atoms with Gasteiger partial charge in [-0.2, -0.15) is 0 Å². The predicted octanol–water partition coefficient (Wildman–Crippen LogP) is 1.99. The van der Waals surface area contributed by atoms with Crippen molar-refractivity contribution in [1.82, 2.24) is 4.90 Å². The number of hydrogen-bond acceptors (Lipinski definition) is 3. The maximum atomic E-state index is 11.4. The molecule has 4 heteroatoms. The number of ether oxygens (including phenoxy) is 2. The molecule has 0 spiro atoms. The van der Waals surface area contributed by atoms with E-state index in [4.69, 9.17) is 9.47 Å². The minimum atomic E-state index is -0.273. The molecule has 0 bridgehead atoms. The highest BCUT2D eigenvalue weighted by Crippen LogP contribution is 2.18. The lowest BCUT2D eigenvalue weighted by Crippen LogP contribution is -2.41. The Hall–Kier alpha value is -0.770. The first-order chi connectivity index (χ1) is 6.79. The average molecular weight is 201 g/mol. The van der Waals surface area contributed by atoms with Crippen molar-refractivity contribution < 1.29 is 14.3 Å². The van der Waals surface area contributed by atoms with Gasteiger partial charge in [-0.25, -0.2) is 4.79 Å². The lowest BCUT2D eigenvalue weighted by atomic mass is 10.2. The summed E-state index contributed by atoms with van der Waals surface area (Å²) in [5, 5.41) is 0. The Morgan fingerprint density at radius 3 is 2.86 bits per heavy atom. The Morgan fingerprint density at radius 1 is 1.43 bits per heavy atom. The van der Waals surface area contributed by atoms with E-state index in [1.807, 2.05) is 6.92 Å². The number of rotatable bonds is 2. The lowest BCUT2D eigenvalue weighted by Gasteiger charge is -2.28. The number of hydrogen-bond donors (Lipinski definition) is 0. The molecule has 0 aromatic rings. The van der Waals surface area contributed by atoms with Crippen molar-refractivity contribution in [2.45, 2.75) is 38.8 Å². The van der Waals surface area contributed by atoms with E-state index in [-0.39, 0.29) is 12.3 Å². The number of amides is 1. The quantitative estimate of drug-likeness (QED) is 0.685. The zero-order chi connectivity index (χ0) is 10.4. The summed E-state index contributed by atoms with van der Waals surface area (Å²) in [5.74, 6) is 0. The van der Waals surface area contributed by atoms with Crippen molar-refractivity contribution in [1.29, 1.82) is 0 Å². The number of carbonyl (C=O) groups excluding carboxylic acids is 1. The SMILES string of the molecule is CCOC1CCCCCN1C(=O)OC. The first kappa shape index (κ1) is 11.3. The molecule has 1 aliphatic rings. The topological polar surface area (TPSA) is 38.8 Å². The van der Waals surface area contributed by atoms with Gasteiger partial charge in [0.05, 0.1) is 7.11 Å². The van der Waals surface area contributed by atoms with Crippen LogP contribution in [-0.2, 0) is 9.47 Å². The highest BCUT2D eigenvalue weighted by Gasteiger charge is 2.25. The van der Waals surface area contributed by atoms with Gasteiger partial charge in [0, 0.05) is 13.2 Å². The summed E-state index contributed by atoms with van der Waals surface area (Å²) < 4.78 is 10.3. The average Bonchev–Trinajstić information content (AvgIpc) is 2.43. The molecular weight excluding hydrogens is 182 g/mol. The standard InChI is InChI=1S/C10H19NO3/c1-3-14-9-7-5-4-6-8-11(9)10(12)13-2/h9H,3-8H2,1-2H3. The molecule has 1 saturated heterocycles. The molecule has 0 aliphatic carbocycles. The maximum Gasteiger partial charge on any atom is 0.411 e. The van der Waals surface area contributed by atoms with Gasteiger partial charge in [0.1, 0.15) is 6.23 Å². The molecule has 4 nitrogen and oxygen atoms in total. The molecule has 0 aromatic carbocycles. The minimum Gasteiger partial charge on any atom is -0.453 e. The molecule has 0 aromatic heterocycles. The molecule has 1 amide bonds. The minimum absolute atomic E-state index is 0.0880. The van der Waals surface area contributed by atoms with Crippen LogP contribution in [0.5, 0.6) is 0 Å². The number of likely N-dealkylation sites (tertiary alicyclic amines) is 1. The maximum absolute atomic E-state index is 11.4. The second kappa shape index (κ2) is 5.86. The third-order valence-corrected chi connectivity index (χ3v) is 2.47. The van der Waals surface area contributed by atoms with Crippen LogP contribution in [0.2, 0.25) is 0 Å². The molecule has 1 unspecified atom stereocenters. The van der Waals surface area contributed by atoms with Gasteiger partial charge in [-0.15, -0.1) is 0 Å². The summed E-state index contributed by atoms with van der Waals surface area (Å²) in [6, 6.07) is 0. The van der Waals surface area contributed by atoms with Crippen LogP contribution in [0.15, 0.2) is 0 Å². The molecular formula is C10H19NO3. The van der Waals surface area contributed by atoms with E-state index in [1.54, 1.807) is 4.90 Å². The van der Waals surface area contributed by atoms with Crippen LogP contribution in [0.3, 0.4) is 0 Å². The van der Waals surface area contributed by atoms with Crippen molar-refractivity contribution >= 4 is 6.09 Å². The van der Waals surface area contributed by atoms with E-state index >= 15 is 0 Å². The highest BCUT2D eigenvalue weighted by atomic mass is 16.6. The van der Waals surface area contributed by atoms with Gasteiger partial charge in [-0.1, -0.05) is 6.42 Å². The number of nitrogens with zero attached hydrogens (tertiary/aromatic N) is 1. The Morgan fingerprint density at radius 2 is 2.21 bits per heavy atom. The normalized spacial score (nSPS) is 23.0. The molecule has 1 aliphatic heterocycles. The van der Waals surface area contributed by atoms with Crippen LogP contribution >= 0.6 is 0 Å². The van der Waals surface area contributed by atoms with Crippen molar-refractivity contribution in [3.8, 4) is 0 Å². The third kappa shape index (κ3) is 2.87.